The first kappa shape index (κ1) is 83.9. The molecule has 0 rings (SSSR count). The Morgan fingerprint density at radius 1 is 0.337 bits per heavy atom. The Bertz CT molecular complexity index is 1320. The summed E-state index contributed by atoms with van der Waals surface area (Å²) in [4.78, 5) is 31.8. The summed E-state index contributed by atoms with van der Waals surface area (Å²) in [6, 6.07) is -0.420. The molecule has 2 atom stereocenters. The fourth-order valence-corrected chi connectivity index (χ4v) is 10.8. The highest BCUT2D eigenvalue weighted by Gasteiger charge is 2.19. The van der Waals surface area contributed by atoms with E-state index < -0.39 is 0 Å². The summed E-state index contributed by atoms with van der Waals surface area (Å²) in [5, 5.41) is 20.3. The molecule has 0 aromatic rings. The Morgan fingerprint density at radius 2 is 0.640 bits per heavy atom. The quantitative estimate of drug-likeness (QED) is 0.0202. The molecule has 14 N–H and O–H groups in total. The Hall–Kier alpha value is -2.06. The van der Waals surface area contributed by atoms with Gasteiger partial charge in [0.2, 0.25) is 11.8 Å². The minimum Gasteiger partial charge on any atom is -0.378 e. The molecule has 0 radical (unpaired) electrons. The highest BCUT2D eigenvalue weighted by molar-refractivity contribution is 5.82. The number of allylic oxidation sites excluding steroid dienone is 4. The van der Waals surface area contributed by atoms with Crippen LogP contribution in [-0.4, -0.2) is 178 Å². The van der Waals surface area contributed by atoms with Gasteiger partial charge in [-0.3, -0.25) is 9.59 Å². The molecule has 0 aromatic heterocycles. The van der Waals surface area contributed by atoms with Crippen molar-refractivity contribution in [2.24, 2.45) is 22.9 Å². The molecule has 16 heteroatoms. The van der Waals surface area contributed by atoms with Crippen LogP contribution in [0.3, 0.4) is 0 Å². The molecule has 0 aliphatic carbocycles. The number of carbonyl (C=O) groups excluding carboxylic acids is 2. The molecule has 0 saturated heterocycles. The van der Waals surface area contributed by atoms with E-state index in [4.69, 9.17) is 32.4 Å². The second-order valence-corrected chi connectivity index (χ2v) is 24.4. The summed E-state index contributed by atoms with van der Waals surface area (Å²) in [6.45, 7) is 21.7. The average molecular weight is 1220 g/mol. The number of nitrogens with zero attached hydrogens (tertiary/aromatic N) is 2. The van der Waals surface area contributed by atoms with E-state index in [1.807, 2.05) is 0 Å². The van der Waals surface area contributed by atoms with Gasteiger partial charge in [-0.2, -0.15) is 0 Å². The van der Waals surface area contributed by atoms with Gasteiger partial charge in [0, 0.05) is 26.2 Å². The van der Waals surface area contributed by atoms with Crippen LogP contribution in [0.15, 0.2) is 24.3 Å². The van der Waals surface area contributed by atoms with Gasteiger partial charge in [0.25, 0.3) is 0 Å². The minimum atomic E-state index is -0.210. The van der Waals surface area contributed by atoms with E-state index in [2.05, 4.69) is 79.9 Å². The van der Waals surface area contributed by atoms with Crippen LogP contribution in [0.25, 0.3) is 0 Å². The predicted octanol–water partition coefficient (Wildman–Crippen LogP) is 10.8. The molecule has 0 heterocycles. The van der Waals surface area contributed by atoms with Crippen molar-refractivity contribution in [3.8, 4) is 0 Å². The molecule has 86 heavy (non-hydrogen) atoms. The lowest BCUT2D eigenvalue weighted by Gasteiger charge is -2.24. The van der Waals surface area contributed by atoms with Crippen LogP contribution < -0.4 is 54.8 Å². The number of rotatable bonds is 73. The minimum absolute atomic E-state index is 0.0861. The van der Waals surface area contributed by atoms with Gasteiger partial charge in [0.15, 0.2) is 0 Å². The number of hydrogen-bond donors (Lipinski definition) is 10. The Morgan fingerprint density at radius 3 is 0.988 bits per heavy atom. The first-order valence-corrected chi connectivity index (χ1v) is 36.6. The maximum absolute atomic E-state index is 13.4. The second-order valence-electron chi connectivity index (χ2n) is 24.4. The monoisotopic (exact) mass is 1220 g/mol. The topological polar surface area (TPSA) is 235 Å². The van der Waals surface area contributed by atoms with E-state index in [-0.39, 0.29) is 23.9 Å². The first-order valence-electron chi connectivity index (χ1n) is 36.6. The maximum atomic E-state index is 13.4. The number of nitrogens with one attached hydrogen (secondary N) is 6. The highest BCUT2D eigenvalue weighted by Crippen LogP contribution is 2.13. The van der Waals surface area contributed by atoms with Crippen molar-refractivity contribution in [1.82, 2.24) is 41.7 Å². The van der Waals surface area contributed by atoms with Crippen LogP contribution in [0.2, 0.25) is 0 Å². The Balaban J connectivity index is 5.20. The standard InChI is InChI=1S/C70H146N12O4/c1-3-5-7-9-11-13-15-17-19-21-23-25-27-29-31-33-57-81(59-41-55-79-69(83)67(77-53-39-47-73)43-35-49-75-51-37-45-71)61-63-85-65-66-86-64-62-82(58-34-32-30-28-26-24-22-20-18-16-14-12-10-8-6-4-2)60-42-56-80-70(84)68(78-54-40-48-74)44-36-50-76-52-38-46-72/h17-20,67-68,75-78H,3-16,21-66,71-74H2,1-2H3,(H,79,83)(H,80,84)/b19-17-,20-18?. The second kappa shape index (κ2) is 72.0. The highest BCUT2D eigenvalue weighted by atomic mass is 16.5. The largest absolute Gasteiger partial charge is 0.378 e. The number of hydrogen-bond acceptors (Lipinski definition) is 14. The van der Waals surface area contributed by atoms with E-state index in [9.17, 15) is 9.59 Å². The normalized spacial score (nSPS) is 12.7. The average Bonchev–Trinajstić information content (AvgIpc) is 3.59. The summed E-state index contributed by atoms with van der Waals surface area (Å²) in [7, 11) is 0. The van der Waals surface area contributed by atoms with Gasteiger partial charge in [-0.1, -0.05) is 154 Å². The molecule has 0 aromatic carbocycles. The van der Waals surface area contributed by atoms with Gasteiger partial charge in [-0.05, 0) is 220 Å². The van der Waals surface area contributed by atoms with Gasteiger partial charge >= 0.3 is 0 Å². The molecule has 16 nitrogen and oxygen atoms in total. The molecule has 2 amide bonds. The molecule has 0 aliphatic heterocycles. The lowest BCUT2D eigenvalue weighted by atomic mass is 10.1. The zero-order valence-corrected chi connectivity index (χ0v) is 56.7. The number of nitrogens with two attached hydrogens (primary N) is 4. The van der Waals surface area contributed by atoms with Gasteiger partial charge in [-0.25, -0.2) is 0 Å². The van der Waals surface area contributed by atoms with Crippen LogP contribution in [0.4, 0.5) is 0 Å². The summed E-state index contributed by atoms with van der Waals surface area (Å²) in [5.41, 5.74) is 22.9. The summed E-state index contributed by atoms with van der Waals surface area (Å²) >= 11 is 0. The lowest BCUT2D eigenvalue weighted by molar-refractivity contribution is -0.124. The summed E-state index contributed by atoms with van der Waals surface area (Å²) < 4.78 is 12.4. The van der Waals surface area contributed by atoms with Gasteiger partial charge in [0.05, 0.1) is 38.5 Å². The Kier molecular flexibility index (Phi) is 70.3. The van der Waals surface area contributed by atoms with Crippen molar-refractivity contribution < 1.29 is 19.1 Å². The van der Waals surface area contributed by atoms with Crippen LogP contribution >= 0.6 is 0 Å². The van der Waals surface area contributed by atoms with E-state index in [0.29, 0.717) is 65.7 Å². The smallest absolute Gasteiger partial charge is 0.237 e. The fraction of sp³-hybridized carbons (Fsp3) is 0.914. The molecule has 0 saturated carbocycles. The number of ether oxygens (including phenoxy) is 2. The van der Waals surface area contributed by atoms with E-state index in [1.165, 1.54) is 180 Å². The van der Waals surface area contributed by atoms with Crippen molar-refractivity contribution in [3.63, 3.8) is 0 Å². The lowest BCUT2D eigenvalue weighted by Crippen LogP contribution is -2.45. The molecule has 0 aliphatic rings. The van der Waals surface area contributed by atoms with Crippen LogP contribution in [0.1, 0.15) is 258 Å². The maximum Gasteiger partial charge on any atom is 0.237 e. The molecule has 2 unspecified atom stereocenters. The molecular formula is C70H146N12O4. The van der Waals surface area contributed by atoms with Gasteiger partial charge < -0.3 is 74.1 Å². The third-order valence-electron chi connectivity index (χ3n) is 16.3. The van der Waals surface area contributed by atoms with E-state index >= 15 is 0 Å². The van der Waals surface area contributed by atoms with Crippen molar-refractivity contribution >= 4 is 11.8 Å². The zero-order chi connectivity index (χ0) is 62.4. The molecule has 0 fully saturated rings. The fourth-order valence-electron chi connectivity index (χ4n) is 10.8. The predicted molar refractivity (Wildman–Crippen MR) is 371 cm³/mol. The molecule has 0 spiro atoms. The van der Waals surface area contributed by atoms with Crippen LogP contribution in [0, 0.1) is 0 Å². The number of unbranched alkanes of at least 4 members (excludes halogenated alkanes) is 24. The molecule has 510 valence electrons. The summed E-state index contributed by atoms with van der Waals surface area (Å²) in [6.07, 6.45) is 55.1. The van der Waals surface area contributed by atoms with Gasteiger partial charge in [-0.15, -0.1) is 0 Å². The van der Waals surface area contributed by atoms with Crippen LogP contribution in [0.5, 0.6) is 0 Å². The summed E-state index contributed by atoms with van der Waals surface area (Å²) in [5.74, 6) is 0.172. The number of amides is 2. The van der Waals surface area contributed by atoms with E-state index in [0.717, 1.165) is 143 Å². The van der Waals surface area contributed by atoms with Crippen LogP contribution in [-0.2, 0) is 19.1 Å². The molecule has 0 bridgehead atoms. The van der Waals surface area contributed by atoms with Crippen molar-refractivity contribution in [1.29, 1.82) is 0 Å². The van der Waals surface area contributed by atoms with Gasteiger partial charge in [0.1, 0.15) is 0 Å². The third-order valence-corrected chi connectivity index (χ3v) is 16.3. The zero-order valence-electron chi connectivity index (χ0n) is 56.7. The third kappa shape index (κ3) is 62.1. The number of carbonyl (C=O) groups is 2. The van der Waals surface area contributed by atoms with Crippen molar-refractivity contribution in [3.05, 3.63) is 24.3 Å². The molecular weight excluding hydrogens is 1070 g/mol. The van der Waals surface area contributed by atoms with E-state index in [1.54, 1.807) is 0 Å². The van der Waals surface area contributed by atoms with Crippen molar-refractivity contribution in [2.75, 3.05) is 144 Å². The Labute approximate surface area is 531 Å². The van der Waals surface area contributed by atoms with Crippen molar-refractivity contribution in [2.45, 2.75) is 270 Å². The SMILES string of the molecule is CCCCCCCCC=CCCCCCCCCN(CCCNC(=O)C(CCCNCCCN)NCCCN)CCOCCOCCN(CCCCCCCC/C=C\CCCCCCCC)CCCNC(=O)C(CCCNCCCN)NCCCN. The first-order chi connectivity index (χ1) is 42.5.